The van der Waals surface area contributed by atoms with Gasteiger partial charge in [0.1, 0.15) is 11.3 Å². The summed E-state index contributed by atoms with van der Waals surface area (Å²) in [6.07, 6.45) is 6.21. The summed E-state index contributed by atoms with van der Waals surface area (Å²) in [5, 5.41) is 3.09. The van der Waals surface area contributed by atoms with Crippen molar-refractivity contribution in [2.45, 2.75) is 51.5 Å². The van der Waals surface area contributed by atoms with Crippen LogP contribution >= 0.6 is 0 Å². The van der Waals surface area contributed by atoms with Crippen LogP contribution in [0.3, 0.4) is 0 Å². The monoisotopic (exact) mass is 351 g/mol. The zero-order valence-corrected chi connectivity index (χ0v) is 15.2. The van der Waals surface area contributed by atoms with E-state index in [0.717, 1.165) is 18.8 Å². The highest BCUT2D eigenvalue weighted by atomic mass is 16.4. The lowest BCUT2D eigenvalue weighted by Crippen LogP contribution is -2.40. The molecular formula is C22H25NO3. The molecule has 2 bridgehead atoms. The molecule has 2 fully saturated rings. The van der Waals surface area contributed by atoms with Crippen LogP contribution in [-0.4, -0.2) is 11.9 Å². The summed E-state index contributed by atoms with van der Waals surface area (Å²) in [5.74, 6) is 1.70. The van der Waals surface area contributed by atoms with Crippen LogP contribution in [0.15, 0.2) is 45.6 Å². The number of carbonyl (C=O) groups excluding carboxylic acids is 1. The van der Waals surface area contributed by atoms with E-state index in [9.17, 15) is 9.59 Å². The van der Waals surface area contributed by atoms with Crippen LogP contribution in [0.4, 0.5) is 0 Å². The molecule has 3 atom stereocenters. The van der Waals surface area contributed by atoms with E-state index in [1.807, 2.05) is 31.2 Å². The van der Waals surface area contributed by atoms with Gasteiger partial charge in [-0.05, 0) is 61.6 Å². The van der Waals surface area contributed by atoms with Gasteiger partial charge in [-0.15, -0.1) is 0 Å². The summed E-state index contributed by atoms with van der Waals surface area (Å²) in [6, 6.07) is 12.2. The summed E-state index contributed by atoms with van der Waals surface area (Å²) in [5.41, 5.74) is 1.54. The normalized spacial score (nSPS) is 24.0. The number of amides is 1. The Bertz CT molecular complexity index is 855. The van der Waals surface area contributed by atoms with Gasteiger partial charge in [-0.3, -0.25) is 4.79 Å². The van der Waals surface area contributed by atoms with Crippen molar-refractivity contribution in [1.29, 1.82) is 0 Å². The van der Waals surface area contributed by atoms with Gasteiger partial charge in [0.05, 0.1) is 0 Å². The van der Waals surface area contributed by atoms with Crippen LogP contribution in [0.2, 0.25) is 0 Å². The predicted molar refractivity (Wildman–Crippen MR) is 100 cm³/mol. The summed E-state index contributed by atoms with van der Waals surface area (Å²) >= 11 is 0. The summed E-state index contributed by atoms with van der Waals surface area (Å²) < 4.78 is 5.44. The topological polar surface area (TPSA) is 59.3 Å². The van der Waals surface area contributed by atoms with Crippen LogP contribution in [0.5, 0.6) is 0 Å². The molecule has 1 N–H and O–H groups in total. The van der Waals surface area contributed by atoms with Crippen molar-refractivity contribution in [3.05, 3.63) is 69.3 Å². The average molecular weight is 351 g/mol. The number of benzene rings is 1. The van der Waals surface area contributed by atoms with Gasteiger partial charge in [0.25, 0.3) is 5.91 Å². The highest BCUT2D eigenvalue weighted by Gasteiger charge is 2.40. The van der Waals surface area contributed by atoms with Crippen molar-refractivity contribution in [1.82, 2.24) is 5.32 Å². The Hall–Kier alpha value is -2.36. The molecule has 26 heavy (non-hydrogen) atoms. The zero-order chi connectivity index (χ0) is 18.1. The SMILES string of the molecule is Cc1cc(CCc2ccccc2)oc(=O)c1C(=O)N[C@@H]1C[C@@H]2CC[C@H]1C2. The zero-order valence-electron chi connectivity index (χ0n) is 15.2. The van der Waals surface area contributed by atoms with Crippen molar-refractivity contribution < 1.29 is 9.21 Å². The maximum Gasteiger partial charge on any atom is 0.349 e. The van der Waals surface area contributed by atoms with Gasteiger partial charge in [0, 0.05) is 12.5 Å². The molecule has 4 heteroatoms. The van der Waals surface area contributed by atoms with Crippen molar-refractivity contribution in [3.8, 4) is 0 Å². The fourth-order valence-corrected chi connectivity index (χ4v) is 4.64. The van der Waals surface area contributed by atoms with Gasteiger partial charge in [0.2, 0.25) is 0 Å². The number of aryl methyl sites for hydroxylation is 3. The molecule has 2 aliphatic rings. The van der Waals surface area contributed by atoms with Gasteiger partial charge in [-0.1, -0.05) is 36.8 Å². The fourth-order valence-electron chi connectivity index (χ4n) is 4.64. The van der Waals surface area contributed by atoms with Crippen LogP contribution < -0.4 is 10.9 Å². The average Bonchev–Trinajstić information content (AvgIpc) is 3.23. The number of hydrogen-bond acceptors (Lipinski definition) is 3. The molecule has 4 rings (SSSR count). The molecular weight excluding hydrogens is 326 g/mol. The van der Waals surface area contributed by atoms with Crippen LogP contribution in [0.25, 0.3) is 0 Å². The van der Waals surface area contributed by atoms with Crippen LogP contribution in [0.1, 0.15) is 52.9 Å². The third kappa shape index (κ3) is 3.46. The van der Waals surface area contributed by atoms with E-state index in [1.54, 1.807) is 0 Å². The Balaban J connectivity index is 1.45. The molecule has 0 radical (unpaired) electrons. The van der Waals surface area contributed by atoms with Crippen LogP contribution in [-0.2, 0) is 12.8 Å². The lowest BCUT2D eigenvalue weighted by molar-refractivity contribution is 0.0917. The Kier molecular flexibility index (Phi) is 4.66. The Morgan fingerprint density at radius 2 is 1.96 bits per heavy atom. The van der Waals surface area contributed by atoms with E-state index in [1.165, 1.54) is 24.8 Å². The first-order valence-corrected chi connectivity index (χ1v) is 9.58. The van der Waals surface area contributed by atoms with Crippen molar-refractivity contribution >= 4 is 5.91 Å². The van der Waals surface area contributed by atoms with Crippen molar-refractivity contribution in [3.63, 3.8) is 0 Å². The molecule has 0 spiro atoms. The second-order valence-corrected chi connectivity index (χ2v) is 7.80. The van der Waals surface area contributed by atoms with E-state index >= 15 is 0 Å². The smallest absolute Gasteiger partial charge is 0.349 e. The van der Waals surface area contributed by atoms with Gasteiger partial charge < -0.3 is 9.73 Å². The predicted octanol–water partition coefficient (Wildman–Crippen LogP) is 3.65. The maximum absolute atomic E-state index is 12.6. The highest BCUT2D eigenvalue weighted by molar-refractivity contribution is 5.95. The number of hydrogen-bond donors (Lipinski definition) is 1. The van der Waals surface area contributed by atoms with E-state index in [4.69, 9.17) is 4.42 Å². The first kappa shape index (κ1) is 17.1. The standard InChI is InChI=1S/C22H25NO3/c1-14-11-18(10-8-15-5-3-2-4-6-15)26-22(25)20(14)21(24)23-19-13-16-7-9-17(19)12-16/h2-6,11,16-17,19H,7-10,12-13H2,1H3,(H,23,24)/t16-,17+,19-/m1/s1. The minimum Gasteiger partial charge on any atom is -0.427 e. The lowest BCUT2D eigenvalue weighted by Gasteiger charge is -2.23. The number of fused-ring (bicyclic) bond motifs is 2. The third-order valence-electron chi connectivity index (χ3n) is 5.98. The summed E-state index contributed by atoms with van der Waals surface area (Å²) in [7, 11) is 0. The second kappa shape index (κ2) is 7.10. The molecule has 0 saturated heterocycles. The molecule has 1 amide bonds. The van der Waals surface area contributed by atoms with E-state index < -0.39 is 5.63 Å². The maximum atomic E-state index is 12.6. The Labute approximate surface area is 153 Å². The molecule has 0 aliphatic heterocycles. The highest BCUT2D eigenvalue weighted by Crippen LogP contribution is 2.44. The fraction of sp³-hybridized carbons (Fsp3) is 0.455. The summed E-state index contributed by atoms with van der Waals surface area (Å²) in [6.45, 7) is 1.82. The minimum atomic E-state index is -0.520. The van der Waals surface area contributed by atoms with E-state index in [2.05, 4.69) is 17.4 Å². The third-order valence-corrected chi connectivity index (χ3v) is 5.98. The largest absolute Gasteiger partial charge is 0.427 e. The van der Waals surface area contributed by atoms with E-state index in [-0.39, 0.29) is 17.5 Å². The number of rotatable bonds is 5. The first-order valence-electron chi connectivity index (χ1n) is 9.58. The van der Waals surface area contributed by atoms with Crippen LogP contribution in [0, 0.1) is 18.8 Å². The second-order valence-electron chi connectivity index (χ2n) is 7.80. The molecule has 0 unspecified atom stereocenters. The van der Waals surface area contributed by atoms with Gasteiger partial charge in [0.15, 0.2) is 0 Å². The minimum absolute atomic E-state index is 0.163. The summed E-state index contributed by atoms with van der Waals surface area (Å²) in [4.78, 5) is 25.1. The molecule has 2 aromatic rings. The molecule has 2 saturated carbocycles. The molecule has 2 aliphatic carbocycles. The molecule has 4 nitrogen and oxygen atoms in total. The number of carbonyl (C=O) groups is 1. The van der Waals surface area contributed by atoms with E-state index in [0.29, 0.717) is 23.7 Å². The van der Waals surface area contributed by atoms with Gasteiger partial charge in [-0.25, -0.2) is 4.79 Å². The molecule has 1 aromatic heterocycles. The molecule has 136 valence electrons. The lowest BCUT2D eigenvalue weighted by atomic mass is 9.95. The van der Waals surface area contributed by atoms with Crippen molar-refractivity contribution in [2.75, 3.05) is 0 Å². The van der Waals surface area contributed by atoms with Gasteiger partial charge >= 0.3 is 5.63 Å². The molecule has 1 aromatic carbocycles. The molecule has 1 heterocycles. The Morgan fingerprint density at radius 3 is 2.62 bits per heavy atom. The quantitative estimate of drug-likeness (QED) is 0.894. The number of nitrogens with one attached hydrogen (secondary N) is 1. The first-order chi connectivity index (χ1) is 12.6. The van der Waals surface area contributed by atoms with Gasteiger partial charge in [-0.2, -0.15) is 0 Å². The van der Waals surface area contributed by atoms with Crippen molar-refractivity contribution in [2.24, 2.45) is 11.8 Å². The Morgan fingerprint density at radius 1 is 1.15 bits per heavy atom.